The number of hydrogen-bond acceptors (Lipinski definition) is 3. The Morgan fingerprint density at radius 3 is 2.65 bits per heavy atom. The first-order valence-corrected chi connectivity index (χ1v) is 7.68. The van der Waals surface area contributed by atoms with Crippen LogP contribution in [0.3, 0.4) is 0 Å². The van der Waals surface area contributed by atoms with Crippen molar-refractivity contribution in [3.05, 3.63) is 23.8 Å². The van der Waals surface area contributed by atoms with E-state index in [1.807, 2.05) is 18.2 Å². The molecule has 0 saturated heterocycles. The fourth-order valence-corrected chi connectivity index (χ4v) is 4.25. The maximum atomic E-state index is 6.47. The van der Waals surface area contributed by atoms with Crippen molar-refractivity contribution in [1.82, 2.24) is 0 Å². The van der Waals surface area contributed by atoms with Gasteiger partial charge in [0, 0.05) is 11.6 Å². The zero-order valence-electron chi connectivity index (χ0n) is 12.5. The Morgan fingerprint density at radius 2 is 2.05 bits per heavy atom. The topological polar surface area (TPSA) is 44.5 Å². The van der Waals surface area contributed by atoms with E-state index < -0.39 is 0 Å². The van der Waals surface area contributed by atoms with Crippen LogP contribution in [-0.4, -0.2) is 14.2 Å². The van der Waals surface area contributed by atoms with Gasteiger partial charge in [0.1, 0.15) is 11.5 Å². The van der Waals surface area contributed by atoms with Crippen LogP contribution in [0.4, 0.5) is 0 Å². The number of benzene rings is 1. The fourth-order valence-electron chi connectivity index (χ4n) is 4.25. The molecular formula is C17H25NO2. The molecule has 2 aliphatic carbocycles. The molecule has 4 atom stereocenters. The lowest BCUT2D eigenvalue weighted by Crippen LogP contribution is -2.20. The van der Waals surface area contributed by atoms with Crippen LogP contribution in [0, 0.1) is 17.8 Å². The van der Waals surface area contributed by atoms with Gasteiger partial charge in [0.15, 0.2) is 0 Å². The molecular weight excluding hydrogens is 250 g/mol. The van der Waals surface area contributed by atoms with Gasteiger partial charge in [-0.3, -0.25) is 0 Å². The van der Waals surface area contributed by atoms with Gasteiger partial charge in [-0.05, 0) is 61.6 Å². The van der Waals surface area contributed by atoms with E-state index in [0.717, 1.165) is 41.2 Å². The second-order valence-corrected chi connectivity index (χ2v) is 6.39. The highest BCUT2D eigenvalue weighted by atomic mass is 16.5. The molecule has 110 valence electrons. The van der Waals surface area contributed by atoms with Crippen LogP contribution in [-0.2, 0) is 0 Å². The van der Waals surface area contributed by atoms with Crippen molar-refractivity contribution in [3.8, 4) is 11.5 Å². The third-order valence-electron chi connectivity index (χ3n) is 5.28. The van der Waals surface area contributed by atoms with Crippen LogP contribution in [0.5, 0.6) is 11.5 Å². The zero-order valence-corrected chi connectivity index (χ0v) is 12.5. The van der Waals surface area contributed by atoms with Crippen LogP contribution >= 0.6 is 0 Å². The van der Waals surface area contributed by atoms with Crippen molar-refractivity contribution < 1.29 is 9.47 Å². The van der Waals surface area contributed by atoms with Gasteiger partial charge >= 0.3 is 0 Å². The largest absolute Gasteiger partial charge is 0.497 e. The van der Waals surface area contributed by atoms with E-state index in [9.17, 15) is 0 Å². The Kier molecular flexibility index (Phi) is 3.88. The predicted molar refractivity (Wildman–Crippen MR) is 80.0 cm³/mol. The predicted octanol–water partition coefficient (Wildman–Crippen LogP) is 3.53. The first kappa shape index (κ1) is 13.7. The van der Waals surface area contributed by atoms with Crippen LogP contribution in [0.2, 0.25) is 0 Å². The van der Waals surface area contributed by atoms with Gasteiger partial charge in [-0.25, -0.2) is 0 Å². The van der Waals surface area contributed by atoms with E-state index in [-0.39, 0.29) is 6.04 Å². The lowest BCUT2D eigenvalue weighted by atomic mass is 9.83. The molecule has 0 amide bonds. The lowest BCUT2D eigenvalue weighted by Gasteiger charge is -2.25. The molecule has 0 spiro atoms. The van der Waals surface area contributed by atoms with Gasteiger partial charge in [0.05, 0.1) is 14.2 Å². The summed E-state index contributed by atoms with van der Waals surface area (Å²) in [5.41, 5.74) is 7.55. The highest BCUT2D eigenvalue weighted by Gasteiger charge is 2.40. The quantitative estimate of drug-likeness (QED) is 0.894. The van der Waals surface area contributed by atoms with Crippen molar-refractivity contribution in [2.24, 2.45) is 23.5 Å². The maximum absolute atomic E-state index is 6.47. The van der Waals surface area contributed by atoms with Crippen LogP contribution in [0.25, 0.3) is 0 Å². The molecule has 2 fully saturated rings. The number of fused-ring (bicyclic) bond motifs is 2. The minimum absolute atomic E-state index is 0.0457. The average molecular weight is 275 g/mol. The lowest BCUT2D eigenvalue weighted by molar-refractivity contribution is 0.293. The van der Waals surface area contributed by atoms with Gasteiger partial charge < -0.3 is 15.2 Å². The van der Waals surface area contributed by atoms with E-state index in [0.29, 0.717) is 0 Å². The summed E-state index contributed by atoms with van der Waals surface area (Å²) in [6.45, 7) is 0. The Hall–Kier alpha value is -1.22. The van der Waals surface area contributed by atoms with Gasteiger partial charge in [-0.15, -0.1) is 0 Å². The first-order valence-electron chi connectivity index (χ1n) is 7.68. The molecule has 1 aromatic rings. The minimum atomic E-state index is 0.0457. The van der Waals surface area contributed by atoms with Gasteiger partial charge in [-0.2, -0.15) is 0 Å². The standard InChI is InChI=1S/C17H25NO2/c1-19-14-5-6-17(20-2)15(10-14)16(18)9-13-8-11-3-4-12(13)7-11/h5-6,10-13,16H,3-4,7-9,18H2,1-2H3. The van der Waals surface area contributed by atoms with Crippen LogP contribution in [0.1, 0.15) is 43.7 Å². The first-order chi connectivity index (χ1) is 9.71. The molecule has 0 aliphatic heterocycles. The van der Waals surface area contributed by atoms with Gasteiger partial charge in [0.2, 0.25) is 0 Å². The van der Waals surface area contributed by atoms with Gasteiger partial charge in [0.25, 0.3) is 0 Å². The summed E-state index contributed by atoms with van der Waals surface area (Å²) < 4.78 is 10.8. The highest BCUT2D eigenvalue weighted by molar-refractivity contribution is 5.42. The van der Waals surface area contributed by atoms with Gasteiger partial charge in [-0.1, -0.05) is 6.42 Å². The van der Waals surface area contributed by atoms with E-state index in [2.05, 4.69) is 0 Å². The normalized spacial score (nSPS) is 29.4. The summed E-state index contributed by atoms with van der Waals surface area (Å²) >= 11 is 0. The molecule has 4 unspecified atom stereocenters. The number of methoxy groups -OCH3 is 2. The molecule has 0 aromatic heterocycles. The molecule has 3 rings (SSSR count). The van der Waals surface area contributed by atoms with E-state index in [1.165, 1.54) is 25.7 Å². The smallest absolute Gasteiger partial charge is 0.123 e. The molecule has 2 aliphatic rings. The number of rotatable bonds is 5. The SMILES string of the molecule is COc1ccc(OC)c(C(N)CC2CC3CCC2C3)c1. The third kappa shape index (κ3) is 2.51. The Bertz CT molecular complexity index is 474. The summed E-state index contributed by atoms with van der Waals surface area (Å²) in [6.07, 6.45) is 6.75. The van der Waals surface area contributed by atoms with Crippen LogP contribution in [0.15, 0.2) is 18.2 Å². The fraction of sp³-hybridized carbons (Fsp3) is 0.647. The van der Waals surface area contributed by atoms with Crippen molar-refractivity contribution in [2.45, 2.75) is 38.1 Å². The molecule has 3 heteroatoms. The van der Waals surface area contributed by atoms with Crippen molar-refractivity contribution in [2.75, 3.05) is 14.2 Å². The molecule has 0 heterocycles. The van der Waals surface area contributed by atoms with Crippen molar-refractivity contribution in [1.29, 1.82) is 0 Å². The maximum Gasteiger partial charge on any atom is 0.123 e. The molecule has 20 heavy (non-hydrogen) atoms. The summed E-state index contributed by atoms with van der Waals surface area (Å²) in [5.74, 6) is 4.43. The number of ether oxygens (including phenoxy) is 2. The van der Waals surface area contributed by atoms with E-state index in [1.54, 1.807) is 14.2 Å². The van der Waals surface area contributed by atoms with E-state index >= 15 is 0 Å². The molecule has 1 aromatic carbocycles. The van der Waals surface area contributed by atoms with E-state index in [4.69, 9.17) is 15.2 Å². The highest BCUT2D eigenvalue weighted by Crippen LogP contribution is 2.51. The molecule has 2 saturated carbocycles. The second kappa shape index (κ2) is 5.65. The minimum Gasteiger partial charge on any atom is -0.497 e. The third-order valence-corrected chi connectivity index (χ3v) is 5.28. The summed E-state index contributed by atoms with van der Waals surface area (Å²) in [5, 5.41) is 0. The Balaban J connectivity index is 1.74. The van der Waals surface area contributed by atoms with Crippen molar-refractivity contribution in [3.63, 3.8) is 0 Å². The molecule has 2 N–H and O–H groups in total. The Labute approximate surface area is 121 Å². The summed E-state index contributed by atoms with van der Waals surface area (Å²) in [4.78, 5) is 0. The number of hydrogen-bond donors (Lipinski definition) is 1. The molecule has 0 radical (unpaired) electrons. The average Bonchev–Trinajstić information content (AvgIpc) is 3.09. The second-order valence-electron chi connectivity index (χ2n) is 6.39. The molecule has 3 nitrogen and oxygen atoms in total. The van der Waals surface area contributed by atoms with Crippen LogP contribution < -0.4 is 15.2 Å². The Morgan fingerprint density at radius 1 is 1.20 bits per heavy atom. The summed E-state index contributed by atoms with van der Waals surface area (Å²) in [6, 6.07) is 5.95. The zero-order chi connectivity index (χ0) is 14.1. The summed E-state index contributed by atoms with van der Waals surface area (Å²) in [7, 11) is 3.39. The number of nitrogens with two attached hydrogens (primary N) is 1. The van der Waals surface area contributed by atoms with Crippen molar-refractivity contribution >= 4 is 0 Å². The molecule has 2 bridgehead atoms. The monoisotopic (exact) mass is 275 g/mol.